The van der Waals surface area contributed by atoms with E-state index in [-0.39, 0.29) is 24.8 Å². The van der Waals surface area contributed by atoms with Crippen molar-refractivity contribution in [2.24, 2.45) is 5.92 Å². The van der Waals surface area contributed by atoms with E-state index in [1.54, 1.807) is 30.5 Å². The van der Waals surface area contributed by atoms with Gasteiger partial charge in [-0.15, -0.1) is 0 Å². The summed E-state index contributed by atoms with van der Waals surface area (Å²) < 4.78 is 0. The van der Waals surface area contributed by atoms with Crippen LogP contribution in [-0.4, -0.2) is 47.4 Å². The van der Waals surface area contributed by atoms with Crippen LogP contribution in [0, 0.1) is 5.92 Å². The van der Waals surface area contributed by atoms with Gasteiger partial charge < -0.3 is 4.90 Å². The molecule has 4 amide bonds. The van der Waals surface area contributed by atoms with Crippen molar-refractivity contribution in [1.82, 2.24) is 15.2 Å². The van der Waals surface area contributed by atoms with Gasteiger partial charge in [-0.05, 0) is 42.5 Å². The molecule has 0 radical (unpaired) electrons. The zero-order chi connectivity index (χ0) is 19.5. The molecule has 2 fully saturated rings. The summed E-state index contributed by atoms with van der Waals surface area (Å²) in [6, 6.07) is 10.6. The maximum absolute atomic E-state index is 13.2. The summed E-state index contributed by atoms with van der Waals surface area (Å²) in [6.07, 6.45) is 5.70. The number of carbonyl (C=O) groups is 3. The van der Waals surface area contributed by atoms with Crippen LogP contribution >= 0.6 is 0 Å². The van der Waals surface area contributed by atoms with E-state index < -0.39 is 6.03 Å². The largest absolute Gasteiger partial charge is 0.338 e. The van der Waals surface area contributed by atoms with Crippen molar-refractivity contribution < 1.29 is 14.4 Å². The topological polar surface area (TPSA) is 82.6 Å². The average Bonchev–Trinajstić information content (AvgIpc) is 3.17. The van der Waals surface area contributed by atoms with Gasteiger partial charge in [0.2, 0.25) is 5.91 Å². The summed E-state index contributed by atoms with van der Waals surface area (Å²) >= 11 is 0. The monoisotopic (exact) mass is 378 g/mol. The van der Waals surface area contributed by atoms with Gasteiger partial charge in [-0.25, -0.2) is 4.79 Å². The first-order valence-corrected chi connectivity index (χ1v) is 9.50. The average molecular weight is 378 g/mol. The molecule has 1 unspecified atom stereocenters. The van der Waals surface area contributed by atoms with E-state index in [1.165, 1.54) is 10.5 Å². The maximum atomic E-state index is 13.2. The van der Waals surface area contributed by atoms with Crippen molar-refractivity contribution in [2.45, 2.75) is 19.3 Å². The molecule has 1 aromatic carbocycles. The Morgan fingerprint density at radius 2 is 2.00 bits per heavy atom. The van der Waals surface area contributed by atoms with Crippen LogP contribution in [0.1, 0.15) is 28.8 Å². The van der Waals surface area contributed by atoms with E-state index in [1.807, 2.05) is 17.2 Å². The molecule has 2 saturated heterocycles. The quantitative estimate of drug-likeness (QED) is 0.884. The molecule has 0 bridgehead atoms. The first-order valence-electron chi connectivity index (χ1n) is 9.50. The van der Waals surface area contributed by atoms with Gasteiger partial charge in [0, 0.05) is 38.4 Å². The molecule has 1 aromatic heterocycles. The number of imide groups is 1. The third-order valence-electron chi connectivity index (χ3n) is 5.30. The standard InChI is InChI=1S/C21H22N4O3/c26-19-8-11-25(21(28)23-19)18-6-2-1-5-17(18)20(27)24-10-7-16(14-24)12-15-4-3-9-22-13-15/h1-6,9,13,16H,7-8,10-12,14H2,(H,23,26,28). The second kappa shape index (κ2) is 7.80. The number of anilines is 1. The Morgan fingerprint density at radius 3 is 2.79 bits per heavy atom. The van der Waals surface area contributed by atoms with Gasteiger partial charge in [0.25, 0.3) is 5.91 Å². The van der Waals surface area contributed by atoms with Crippen molar-refractivity contribution in [1.29, 1.82) is 0 Å². The lowest BCUT2D eigenvalue weighted by atomic mass is 10.00. The molecular weight excluding hydrogens is 356 g/mol. The van der Waals surface area contributed by atoms with E-state index >= 15 is 0 Å². The van der Waals surface area contributed by atoms with Crippen molar-refractivity contribution in [2.75, 3.05) is 24.5 Å². The lowest BCUT2D eigenvalue weighted by Crippen LogP contribution is -2.50. The molecule has 7 nitrogen and oxygen atoms in total. The van der Waals surface area contributed by atoms with E-state index in [2.05, 4.69) is 16.4 Å². The SMILES string of the molecule is O=C1CCN(c2ccccc2C(=O)N2CCC(Cc3cccnc3)C2)C(=O)N1. The minimum atomic E-state index is -0.479. The predicted molar refractivity (Wildman–Crippen MR) is 104 cm³/mol. The van der Waals surface area contributed by atoms with Crippen LogP contribution in [0.25, 0.3) is 0 Å². The number of likely N-dealkylation sites (tertiary alicyclic amines) is 1. The highest BCUT2D eigenvalue weighted by atomic mass is 16.2. The van der Waals surface area contributed by atoms with Gasteiger partial charge >= 0.3 is 6.03 Å². The maximum Gasteiger partial charge on any atom is 0.328 e. The predicted octanol–water partition coefficient (Wildman–Crippen LogP) is 2.23. The number of benzene rings is 1. The van der Waals surface area contributed by atoms with Crippen LogP contribution in [0.3, 0.4) is 0 Å². The van der Waals surface area contributed by atoms with Crippen LogP contribution in [0.5, 0.6) is 0 Å². The molecule has 2 aromatic rings. The highest BCUT2D eigenvalue weighted by Crippen LogP contribution is 2.27. The highest BCUT2D eigenvalue weighted by Gasteiger charge is 2.31. The third kappa shape index (κ3) is 3.74. The van der Waals surface area contributed by atoms with Gasteiger partial charge in [0.15, 0.2) is 0 Å². The Morgan fingerprint density at radius 1 is 1.14 bits per heavy atom. The molecule has 0 saturated carbocycles. The van der Waals surface area contributed by atoms with Crippen LogP contribution in [0.2, 0.25) is 0 Å². The van der Waals surface area contributed by atoms with E-state index in [4.69, 9.17) is 0 Å². The second-order valence-corrected chi connectivity index (χ2v) is 7.24. The van der Waals surface area contributed by atoms with Crippen molar-refractivity contribution in [3.63, 3.8) is 0 Å². The fourth-order valence-electron chi connectivity index (χ4n) is 3.89. The van der Waals surface area contributed by atoms with Crippen LogP contribution in [-0.2, 0) is 11.2 Å². The van der Waals surface area contributed by atoms with Crippen molar-refractivity contribution in [3.8, 4) is 0 Å². The van der Waals surface area contributed by atoms with Gasteiger partial charge in [-0.1, -0.05) is 18.2 Å². The van der Waals surface area contributed by atoms with Gasteiger partial charge in [-0.3, -0.25) is 24.8 Å². The van der Waals surface area contributed by atoms with Crippen LogP contribution in [0.4, 0.5) is 10.5 Å². The number of pyridine rings is 1. The Kier molecular flexibility index (Phi) is 5.06. The number of urea groups is 1. The Bertz CT molecular complexity index is 900. The lowest BCUT2D eigenvalue weighted by Gasteiger charge is -2.29. The summed E-state index contributed by atoms with van der Waals surface area (Å²) in [5.74, 6) is 0.0352. The molecule has 4 rings (SSSR count). The second-order valence-electron chi connectivity index (χ2n) is 7.24. The normalized spacial score (nSPS) is 19.6. The van der Waals surface area contributed by atoms with Gasteiger partial charge in [0.1, 0.15) is 0 Å². The molecule has 7 heteroatoms. The number of aromatic nitrogens is 1. The zero-order valence-corrected chi connectivity index (χ0v) is 15.5. The number of hydrogen-bond acceptors (Lipinski definition) is 4. The summed E-state index contributed by atoms with van der Waals surface area (Å²) in [6.45, 7) is 1.66. The molecule has 2 aliphatic heterocycles. The first kappa shape index (κ1) is 18.2. The molecule has 1 atom stereocenters. The number of carbonyl (C=O) groups excluding carboxylic acids is 3. The first-order chi connectivity index (χ1) is 13.6. The summed E-state index contributed by atoms with van der Waals surface area (Å²) in [5, 5.41) is 2.32. The van der Waals surface area contributed by atoms with E-state index in [9.17, 15) is 14.4 Å². The Labute approximate surface area is 163 Å². The molecule has 0 aliphatic carbocycles. The Hall–Kier alpha value is -3.22. The Balaban J connectivity index is 1.48. The molecule has 0 spiro atoms. The highest BCUT2D eigenvalue weighted by molar-refractivity contribution is 6.09. The fraction of sp³-hybridized carbons (Fsp3) is 0.333. The molecular formula is C21H22N4O3. The van der Waals surface area contributed by atoms with Crippen molar-refractivity contribution in [3.05, 3.63) is 59.9 Å². The third-order valence-corrected chi connectivity index (χ3v) is 5.30. The summed E-state index contributed by atoms with van der Waals surface area (Å²) in [5.41, 5.74) is 2.22. The van der Waals surface area contributed by atoms with E-state index in [0.29, 0.717) is 30.3 Å². The molecule has 3 heterocycles. The van der Waals surface area contributed by atoms with Gasteiger partial charge in [0.05, 0.1) is 11.3 Å². The number of nitrogens with zero attached hydrogens (tertiary/aromatic N) is 3. The zero-order valence-electron chi connectivity index (χ0n) is 15.5. The molecule has 144 valence electrons. The lowest BCUT2D eigenvalue weighted by molar-refractivity contribution is -0.120. The number of amides is 4. The minimum Gasteiger partial charge on any atom is -0.338 e. The fourth-order valence-corrected chi connectivity index (χ4v) is 3.89. The van der Waals surface area contributed by atoms with Crippen LogP contribution < -0.4 is 10.2 Å². The number of nitrogens with one attached hydrogen (secondary N) is 1. The molecule has 1 N–H and O–H groups in total. The number of para-hydroxylation sites is 1. The minimum absolute atomic E-state index is 0.0750. The number of rotatable bonds is 4. The number of hydrogen-bond donors (Lipinski definition) is 1. The smallest absolute Gasteiger partial charge is 0.328 e. The molecule has 2 aliphatic rings. The van der Waals surface area contributed by atoms with Crippen LogP contribution in [0.15, 0.2) is 48.8 Å². The molecule has 28 heavy (non-hydrogen) atoms. The summed E-state index contributed by atoms with van der Waals surface area (Å²) in [7, 11) is 0. The van der Waals surface area contributed by atoms with Gasteiger partial charge in [-0.2, -0.15) is 0 Å². The van der Waals surface area contributed by atoms with Crippen molar-refractivity contribution >= 4 is 23.5 Å². The van der Waals surface area contributed by atoms with E-state index in [0.717, 1.165) is 12.8 Å². The summed E-state index contributed by atoms with van der Waals surface area (Å²) in [4.78, 5) is 44.3.